The Balaban J connectivity index is 1.49. The Hall–Kier alpha value is -4.01. The smallest absolute Gasteiger partial charge is 0.433 e. The number of pyridine rings is 2. The molecule has 1 aromatic carbocycles. The van der Waals surface area contributed by atoms with Gasteiger partial charge in [0, 0.05) is 35.5 Å². The number of nitrogens with one attached hydrogen (secondary N) is 1. The molecule has 2 aromatic heterocycles. The Labute approximate surface area is 222 Å². The molecule has 1 amide bonds. The predicted molar refractivity (Wildman–Crippen MR) is 134 cm³/mol. The lowest BCUT2D eigenvalue weighted by atomic mass is 9.85. The molecular weight excluding hydrogens is 513 g/mol. The highest BCUT2D eigenvalue weighted by atomic mass is 19.4. The van der Waals surface area contributed by atoms with Gasteiger partial charge in [0.1, 0.15) is 12.3 Å². The summed E-state index contributed by atoms with van der Waals surface area (Å²) < 4.78 is 50.4. The van der Waals surface area contributed by atoms with Crippen LogP contribution in [0.3, 0.4) is 0 Å². The lowest BCUT2D eigenvalue weighted by Crippen LogP contribution is -2.30. The summed E-state index contributed by atoms with van der Waals surface area (Å²) in [5.74, 6) is -0.417. The van der Waals surface area contributed by atoms with E-state index in [2.05, 4.69) is 21.4 Å². The third-order valence-corrected chi connectivity index (χ3v) is 7.38. The largest absolute Gasteiger partial charge is 0.475 e. The fraction of sp³-hybridized carbons (Fsp3) is 0.357. The number of nitrogens with zero attached hydrogens (tertiary/aromatic N) is 3. The normalized spacial score (nSPS) is 21.9. The number of rotatable bonds is 7. The monoisotopic (exact) mass is 538 g/mol. The zero-order chi connectivity index (χ0) is 27.8. The Morgan fingerprint density at radius 2 is 2.08 bits per heavy atom. The van der Waals surface area contributed by atoms with Gasteiger partial charge in [0.05, 0.1) is 30.4 Å². The molecule has 11 heteroatoms. The highest BCUT2D eigenvalue weighted by Crippen LogP contribution is 2.68. The maximum absolute atomic E-state index is 13.0. The zero-order valence-electron chi connectivity index (χ0n) is 21.0. The molecule has 2 fully saturated rings. The molecule has 202 valence electrons. The number of alkyl halides is 3. The summed E-state index contributed by atoms with van der Waals surface area (Å²) in [5.41, 5.74) is 0.958. The van der Waals surface area contributed by atoms with Gasteiger partial charge in [-0.2, -0.15) is 18.4 Å². The maximum Gasteiger partial charge on any atom is 0.433 e. The first-order valence-corrected chi connectivity index (χ1v) is 12.3. The number of aromatic nitrogens is 2. The number of amides is 1. The van der Waals surface area contributed by atoms with Crippen molar-refractivity contribution in [1.82, 2.24) is 9.97 Å². The third kappa shape index (κ3) is 4.93. The maximum atomic E-state index is 13.0. The van der Waals surface area contributed by atoms with Crippen LogP contribution in [0.5, 0.6) is 5.88 Å². The molecule has 39 heavy (non-hydrogen) atoms. The number of halogens is 3. The van der Waals surface area contributed by atoms with Gasteiger partial charge in [-0.05, 0) is 66.8 Å². The number of benzene rings is 1. The van der Waals surface area contributed by atoms with Gasteiger partial charge in [-0.15, -0.1) is 0 Å². The van der Waals surface area contributed by atoms with E-state index in [0.717, 1.165) is 22.9 Å². The first-order valence-electron chi connectivity index (χ1n) is 12.3. The van der Waals surface area contributed by atoms with Gasteiger partial charge in [-0.1, -0.05) is 6.07 Å². The van der Waals surface area contributed by atoms with Crippen molar-refractivity contribution in [3.8, 4) is 23.1 Å². The minimum Gasteiger partial charge on any atom is -0.475 e. The van der Waals surface area contributed by atoms with Crippen molar-refractivity contribution in [2.75, 3.05) is 31.7 Å². The Morgan fingerprint density at radius 1 is 1.26 bits per heavy atom. The average molecular weight is 539 g/mol. The average Bonchev–Trinajstić information content (AvgIpc) is 3.64. The summed E-state index contributed by atoms with van der Waals surface area (Å²) in [5, 5.41) is 21.8. The van der Waals surface area contributed by atoms with Crippen LogP contribution >= 0.6 is 0 Å². The number of aliphatic hydroxyl groups is 1. The fourth-order valence-corrected chi connectivity index (χ4v) is 5.19. The van der Waals surface area contributed by atoms with Gasteiger partial charge in [0.2, 0.25) is 5.88 Å². The SMILES string of the molecule is Cc1ccc(NC(=O)c2ccnc(C(F)(F)F)c2)cc1-c1cc(OCCO)nc([C@]23CCOC[C@@]2(C#N)C3)c1. The number of anilines is 1. The van der Waals surface area contributed by atoms with E-state index in [1.54, 1.807) is 24.3 Å². The van der Waals surface area contributed by atoms with E-state index in [4.69, 9.17) is 9.47 Å². The van der Waals surface area contributed by atoms with E-state index < -0.39 is 28.6 Å². The molecule has 3 aromatic rings. The van der Waals surface area contributed by atoms with E-state index in [-0.39, 0.29) is 18.8 Å². The van der Waals surface area contributed by atoms with Crippen LogP contribution in [0.4, 0.5) is 18.9 Å². The fourth-order valence-electron chi connectivity index (χ4n) is 5.19. The second-order valence-electron chi connectivity index (χ2n) is 9.82. The predicted octanol–water partition coefficient (Wildman–Crippen LogP) is 4.67. The van der Waals surface area contributed by atoms with E-state index in [9.17, 15) is 28.3 Å². The molecule has 1 saturated heterocycles. The van der Waals surface area contributed by atoms with Gasteiger partial charge >= 0.3 is 6.18 Å². The van der Waals surface area contributed by atoms with Crippen LogP contribution in [0, 0.1) is 23.7 Å². The summed E-state index contributed by atoms with van der Waals surface area (Å²) in [4.78, 5) is 20.8. The molecule has 8 nitrogen and oxygen atoms in total. The quantitative estimate of drug-likeness (QED) is 0.449. The highest BCUT2D eigenvalue weighted by molar-refractivity contribution is 6.04. The zero-order valence-corrected chi connectivity index (χ0v) is 21.0. The first kappa shape index (κ1) is 26.6. The van der Waals surface area contributed by atoms with Crippen LogP contribution < -0.4 is 10.1 Å². The number of aliphatic hydroxyl groups excluding tert-OH is 1. The number of fused-ring (bicyclic) bond motifs is 1. The topological polar surface area (TPSA) is 117 Å². The molecule has 0 radical (unpaired) electrons. The molecule has 2 atom stereocenters. The molecule has 2 aliphatic rings. The van der Waals surface area contributed by atoms with Crippen molar-refractivity contribution in [3.05, 3.63) is 71.2 Å². The van der Waals surface area contributed by atoms with Crippen LogP contribution in [0.1, 0.15) is 40.2 Å². The lowest BCUT2D eigenvalue weighted by molar-refractivity contribution is -0.141. The molecule has 1 aliphatic carbocycles. The number of nitriles is 1. The molecule has 0 spiro atoms. The number of hydrogen-bond acceptors (Lipinski definition) is 7. The number of carbonyl (C=O) groups is 1. The molecule has 3 heterocycles. The Kier molecular flexibility index (Phi) is 6.78. The second kappa shape index (κ2) is 9.94. The molecule has 0 unspecified atom stereocenters. The molecule has 1 saturated carbocycles. The molecule has 5 rings (SSSR count). The summed E-state index contributed by atoms with van der Waals surface area (Å²) in [6, 6.07) is 13.1. The summed E-state index contributed by atoms with van der Waals surface area (Å²) >= 11 is 0. The molecule has 0 bridgehead atoms. The van der Waals surface area contributed by atoms with Crippen molar-refractivity contribution in [2.45, 2.75) is 31.4 Å². The standard InChI is InChI=1S/C28H25F3N4O4/c1-17-2-3-20(34-25(37)18-4-6-33-23(10-18)28(29,30)31)13-21(17)19-11-22(35-24(12-19)39-9-7-36)27-5-8-38-16-26(27,14-27)15-32/h2-4,6,10-13,36H,5,7-9,14,16H2,1H3,(H,34,37)/t26-,27+/m0/s1. The van der Waals surface area contributed by atoms with Crippen LogP contribution in [-0.2, 0) is 16.3 Å². The minimum absolute atomic E-state index is 0.0380. The third-order valence-electron chi connectivity index (χ3n) is 7.38. The van der Waals surface area contributed by atoms with Crippen molar-refractivity contribution < 1.29 is 32.5 Å². The van der Waals surface area contributed by atoms with Gasteiger partial charge in [0.15, 0.2) is 0 Å². The summed E-state index contributed by atoms with van der Waals surface area (Å²) in [6.45, 7) is 2.56. The molecule has 2 N–H and O–H groups in total. The Bertz CT molecular complexity index is 1470. The Morgan fingerprint density at radius 3 is 2.82 bits per heavy atom. The highest BCUT2D eigenvalue weighted by Gasteiger charge is 2.71. The number of aryl methyl sites for hydroxylation is 1. The van der Waals surface area contributed by atoms with Gasteiger partial charge in [-0.3, -0.25) is 9.78 Å². The van der Waals surface area contributed by atoms with E-state index in [0.29, 0.717) is 49.4 Å². The minimum atomic E-state index is -4.67. The van der Waals surface area contributed by atoms with E-state index >= 15 is 0 Å². The number of ether oxygens (including phenoxy) is 2. The second-order valence-corrected chi connectivity index (χ2v) is 9.82. The van der Waals surface area contributed by atoms with Crippen molar-refractivity contribution >= 4 is 11.6 Å². The van der Waals surface area contributed by atoms with Gasteiger partial charge < -0.3 is 19.9 Å². The summed E-state index contributed by atoms with van der Waals surface area (Å²) in [6.07, 6.45) is -2.47. The van der Waals surface area contributed by atoms with Crippen molar-refractivity contribution in [2.24, 2.45) is 5.41 Å². The van der Waals surface area contributed by atoms with Gasteiger partial charge in [-0.25, -0.2) is 4.98 Å². The number of carbonyl (C=O) groups excluding carboxylic acids is 1. The van der Waals surface area contributed by atoms with E-state index in [1.165, 1.54) is 6.07 Å². The van der Waals surface area contributed by atoms with Gasteiger partial charge in [0.25, 0.3) is 5.91 Å². The molecular formula is C28H25F3N4O4. The molecule has 1 aliphatic heterocycles. The van der Waals surface area contributed by atoms with Crippen LogP contribution in [-0.4, -0.2) is 47.4 Å². The van der Waals surface area contributed by atoms with E-state index in [1.807, 2.05) is 13.0 Å². The lowest BCUT2D eigenvalue weighted by Gasteiger charge is -2.26. The van der Waals surface area contributed by atoms with Crippen molar-refractivity contribution in [3.63, 3.8) is 0 Å². The van der Waals surface area contributed by atoms with Crippen molar-refractivity contribution in [1.29, 1.82) is 5.26 Å². The summed E-state index contributed by atoms with van der Waals surface area (Å²) in [7, 11) is 0. The van der Waals surface area contributed by atoms with Crippen LogP contribution in [0.2, 0.25) is 0 Å². The number of hydrogen-bond donors (Lipinski definition) is 2. The van der Waals surface area contributed by atoms with Crippen LogP contribution in [0.25, 0.3) is 11.1 Å². The first-order chi connectivity index (χ1) is 18.6. The van der Waals surface area contributed by atoms with Crippen LogP contribution in [0.15, 0.2) is 48.7 Å².